The summed E-state index contributed by atoms with van der Waals surface area (Å²) >= 11 is 0. The summed E-state index contributed by atoms with van der Waals surface area (Å²) in [6.07, 6.45) is 0. The van der Waals surface area contributed by atoms with Crippen LogP contribution in [-0.2, 0) is 16.9 Å². The van der Waals surface area contributed by atoms with E-state index in [1.807, 2.05) is 18.2 Å². The van der Waals surface area contributed by atoms with Crippen molar-refractivity contribution in [2.45, 2.75) is 6.54 Å². The second-order valence-corrected chi connectivity index (χ2v) is 4.57. The van der Waals surface area contributed by atoms with Gasteiger partial charge < -0.3 is 14.0 Å². The summed E-state index contributed by atoms with van der Waals surface area (Å²) in [5.41, 5.74) is 11.7. The molecule has 1 aromatic rings. The van der Waals surface area contributed by atoms with Crippen LogP contribution in [0.15, 0.2) is 18.2 Å². The summed E-state index contributed by atoms with van der Waals surface area (Å²) in [5.74, 6) is 1.77. The first-order valence-corrected chi connectivity index (χ1v) is 6.81. The van der Waals surface area contributed by atoms with E-state index in [1.54, 1.807) is 0 Å². The summed E-state index contributed by atoms with van der Waals surface area (Å²) in [5, 5.41) is 0. The van der Waals surface area contributed by atoms with Gasteiger partial charge in [0, 0.05) is 0 Å². The molecule has 9 nitrogen and oxygen atoms in total. The van der Waals surface area contributed by atoms with Gasteiger partial charge in [0.05, 0.1) is 6.54 Å². The van der Waals surface area contributed by atoms with E-state index in [9.17, 15) is 0 Å². The predicted molar refractivity (Wildman–Crippen MR) is 67.8 cm³/mol. The highest BCUT2D eigenvalue weighted by Gasteiger charge is 2.11. The van der Waals surface area contributed by atoms with E-state index in [2.05, 4.69) is 4.99 Å². The quantitative estimate of drug-likeness (QED) is 0.199. The second-order valence-electron chi connectivity index (χ2n) is 3.71. The maximum absolute atomic E-state index is 8.63. The molecule has 6 N–H and O–H groups in total. The van der Waals surface area contributed by atoms with Crippen molar-refractivity contribution >= 4 is 16.4 Å². The Balaban J connectivity index is 0.000000347. The zero-order valence-electron chi connectivity index (χ0n) is 10.4. The van der Waals surface area contributed by atoms with E-state index < -0.39 is 10.4 Å². The Kier molecular flexibility index (Phi) is 5.55. The molecular formula is C10H15N3O6S. The summed E-state index contributed by atoms with van der Waals surface area (Å²) in [6, 6.07) is 5.76. The van der Waals surface area contributed by atoms with E-state index in [1.165, 1.54) is 0 Å². The van der Waals surface area contributed by atoms with Crippen LogP contribution in [0.4, 0.5) is 0 Å². The molecule has 2 rings (SSSR count). The van der Waals surface area contributed by atoms with Gasteiger partial charge in [-0.1, -0.05) is 6.07 Å². The maximum Gasteiger partial charge on any atom is 0.339 e. The van der Waals surface area contributed by atoms with Gasteiger partial charge in [-0.3, -0.25) is 21.0 Å². The fourth-order valence-electron chi connectivity index (χ4n) is 1.40. The van der Waals surface area contributed by atoms with Crippen molar-refractivity contribution in [3.8, 4) is 11.5 Å². The van der Waals surface area contributed by atoms with E-state index in [4.69, 9.17) is 38.5 Å². The number of ether oxygens (including phenoxy) is 2. The van der Waals surface area contributed by atoms with Gasteiger partial charge in [0.2, 0.25) is 10.4 Å². The van der Waals surface area contributed by atoms with Gasteiger partial charge in [0.25, 0.3) is 0 Å². The van der Waals surface area contributed by atoms with Crippen molar-refractivity contribution < 1.29 is 32.0 Å². The molecule has 20 heavy (non-hydrogen) atoms. The third kappa shape index (κ3) is 6.78. The van der Waals surface area contributed by atoms with Gasteiger partial charge in [-0.2, -0.15) is 0 Å². The molecule has 1 aliphatic rings. The molecule has 0 atom stereocenters. The third-order valence-electron chi connectivity index (χ3n) is 2.10. The van der Waals surface area contributed by atoms with Crippen LogP contribution in [-0.4, -0.2) is 36.7 Å². The average Bonchev–Trinajstić information content (AvgIpc) is 2.34. The fourth-order valence-corrected chi connectivity index (χ4v) is 1.40. The lowest BCUT2D eigenvalue weighted by atomic mass is 10.2. The van der Waals surface area contributed by atoms with Gasteiger partial charge in [0.15, 0.2) is 11.5 Å². The molecule has 0 amide bonds. The maximum atomic E-state index is 8.63. The van der Waals surface area contributed by atoms with E-state index in [0.29, 0.717) is 19.8 Å². The Morgan fingerprint density at radius 1 is 1.30 bits per heavy atom. The van der Waals surface area contributed by atoms with E-state index in [-0.39, 0.29) is 5.96 Å². The first kappa shape index (κ1) is 16.0. The normalized spacial score (nSPS) is 12.9. The summed E-state index contributed by atoms with van der Waals surface area (Å²) in [4.78, 5) is 2.84. The molecule has 1 aliphatic heterocycles. The highest BCUT2D eigenvalue weighted by molar-refractivity contribution is 7.79. The van der Waals surface area contributed by atoms with Crippen LogP contribution >= 0.6 is 0 Å². The first-order valence-electron chi connectivity index (χ1n) is 5.44. The second kappa shape index (κ2) is 6.93. The Hall–Kier alpha value is -2.04. The molecule has 0 saturated carbocycles. The van der Waals surface area contributed by atoms with Gasteiger partial charge in [-0.05, 0) is 17.7 Å². The number of nitrogens with one attached hydrogen (secondary N) is 1. The smallest absolute Gasteiger partial charge is 0.339 e. The van der Waals surface area contributed by atoms with Crippen molar-refractivity contribution in [3.63, 3.8) is 0 Å². The number of nitrogens with two attached hydrogens (primary N) is 2. The molecule has 0 aromatic heterocycles. The van der Waals surface area contributed by atoms with Crippen molar-refractivity contribution in [1.29, 1.82) is 0 Å². The van der Waals surface area contributed by atoms with Crippen LogP contribution in [0.25, 0.3) is 0 Å². The summed E-state index contributed by atoms with van der Waals surface area (Å²) in [6.45, 7) is 1.78. The average molecular weight is 305 g/mol. The lowest BCUT2D eigenvalue weighted by molar-refractivity contribution is -0.477. The minimum absolute atomic E-state index is 0.213. The Bertz CT molecular complexity index is 575. The molecule has 10 heteroatoms. The number of hydrogen-bond donors (Lipinski definition) is 4. The molecule has 0 radical (unpaired) electrons. The Morgan fingerprint density at radius 3 is 2.40 bits per heavy atom. The third-order valence-corrected chi connectivity index (χ3v) is 2.10. The highest BCUT2D eigenvalue weighted by Crippen LogP contribution is 2.30. The molecule has 112 valence electrons. The standard InChI is InChI=1S/C10H13N3O2.H2O4S/c11-10(12)13-6-7-1-2-8-9(5-7)15-4-3-14-8;1-5(2,3)4/h1-2,5H,3-4,6H2,(H4,11,12,13);(H2,1,2,3,4). The molecule has 0 unspecified atom stereocenters. The van der Waals surface area contributed by atoms with Gasteiger partial charge in [-0.25, -0.2) is 8.42 Å². The minimum atomic E-state index is -4.92. The highest BCUT2D eigenvalue weighted by atomic mass is 32.3. The van der Waals surface area contributed by atoms with Gasteiger partial charge in [-0.15, -0.1) is 0 Å². The van der Waals surface area contributed by atoms with Gasteiger partial charge >= 0.3 is 5.96 Å². The molecule has 0 spiro atoms. The van der Waals surface area contributed by atoms with Crippen LogP contribution in [0.5, 0.6) is 11.5 Å². The SMILES string of the molecule is NC(N)=[NH+]Cc1ccc2c(c1)OCCO2.O=S(=O)([O-])O. The fraction of sp³-hybridized carbons (Fsp3) is 0.300. The monoisotopic (exact) mass is 305 g/mol. The Morgan fingerprint density at radius 2 is 1.85 bits per heavy atom. The molecule has 0 aliphatic carbocycles. The number of benzene rings is 1. The van der Waals surface area contributed by atoms with Crippen molar-refractivity contribution in [3.05, 3.63) is 23.8 Å². The molecule has 0 saturated heterocycles. The number of guanidine groups is 1. The van der Waals surface area contributed by atoms with Crippen LogP contribution < -0.4 is 25.9 Å². The van der Waals surface area contributed by atoms with Crippen molar-refractivity contribution in [1.82, 2.24) is 0 Å². The van der Waals surface area contributed by atoms with Crippen molar-refractivity contribution in [2.75, 3.05) is 13.2 Å². The Labute approximate surface area is 115 Å². The topological polar surface area (TPSA) is 162 Å². The number of fused-ring (bicyclic) bond motifs is 1. The van der Waals surface area contributed by atoms with Crippen LogP contribution in [0.3, 0.4) is 0 Å². The molecular weight excluding hydrogens is 290 g/mol. The largest absolute Gasteiger partial charge is 0.726 e. The zero-order chi connectivity index (χ0) is 15.2. The zero-order valence-corrected chi connectivity index (χ0v) is 11.2. The lowest BCUT2D eigenvalue weighted by Crippen LogP contribution is -2.76. The van der Waals surface area contributed by atoms with E-state index in [0.717, 1.165) is 17.1 Å². The van der Waals surface area contributed by atoms with Crippen molar-refractivity contribution in [2.24, 2.45) is 11.5 Å². The van der Waals surface area contributed by atoms with E-state index >= 15 is 0 Å². The minimum Gasteiger partial charge on any atom is -0.726 e. The first-order chi connectivity index (χ1) is 9.25. The van der Waals surface area contributed by atoms with Crippen LogP contribution in [0, 0.1) is 0 Å². The number of hydrogen-bond acceptors (Lipinski definition) is 5. The lowest BCUT2D eigenvalue weighted by Gasteiger charge is -2.18. The number of rotatable bonds is 2. The molecule has 0 fully saturated rings. The summed E-state index contributed by atoms with van der Waals surface area (Å²) in [7, 11) is -4.92. The summed E-state index contributed by atoms with van der Waals surface area (Å²) < 4.78 is 43.7. The van der Waals surface area contributed by atoms with Gasteiger partial charge in [0.1, 0.15) is 13.2 Å². The molecule has 0 bridgehead atoms. The van der Waals surface area contributed by atoms with Crippen LogP contribution in [0.1, 0.15) is 5.56 Å². The predicted octanol–water partition coefficient (Wildman–Crippen LogP) is -2.68. The molecule has 1 aromatic carbocycles. The van der Waals surface area contributed by atoms with Crippen LogP contribution in [0.2, 0.25) is 0 Å². The molecule has 1 heterocycles.